The van der Waals surface area contributed by atoms with Crippen molar-refractivity contribution in [2.75, 3.05) is 0 Å². The lowest BCUT2D eigenvalue weighted by Crippen LogP contribution is -2.20. The zero-order valence-corrected chi connectivity index (χ0v) is 9.07. The van der Waals surface area contributed by atoms with Crippen LogP contribution in [0.15, 0.2) is 12.2 Å². The van der Waals surface area contributed by atoms with Gasteiger partial charge in [0.05, 0.1) is 0 Å². The van der Waals surface area contributed by atoms with Crippen LogP contribution >= 0.6 is 0 Å². The second-order valence-electron chi connectivity index (χ2n) is 3.74. The highest BCUT2D eigenvalue weighted by atomic mass is 17.4. The first-order chi connectivity index (χ1) is 7.21. The predicted octanol–water partition coefficient (Wildman–Crippen LogP) is 2.65. The Morgan fingerprint density at radius 3 is 2.47 bits per heavy atom. The summed E-state index contributed by atoms with van der Waals surface area (Å²) in [7, 11) is 0. The third-order valence-corrected chi connectivity index (χ3v) is 2.37. The lowest BCUT2D eigenvalue weighted by Gasteiger charge is -1.96. The molecule has 1 aliphatic heterocycles. The van der Waals surface area contributed by atoms with Crippen molar-refractivity contribution in [2.24, 2.45) is 0 Å². The van der Waals surface area contributed by atoms with Crippen molar-refractivity contribution in [3.63, 3.8) is 0 Å². The Balaban J connectivity index is 2.05. The molecule has 0 aromatic heterocycles. The van der Waals surface area contributed by atoms with Crippen molar-refractivity contribution >= 4 is 5.97 Å². The van der Waals surface area contributed by atoms with E-state index in [1.165, 1.54) is 31.8 Å². The number of allylic oxidation sites excluding steroid dienone is 1. The molecular formula is C11H18O4. The third kappa shape index (κ3) is 4.01. The van der Waals surface area contributed by atoms with Crippen molar-refractivity contribution in [3.05, 3.63) is 12.2 Å². The van der Waals surface area contributed by atoms with Gasteiger partial charge < -0.3 is 5.11 Å². The topological polar surface area (TPSA) is 62.4 Å². The number of carboxylic acid groups (broad SMARTS) is 1. The van der Waals surface area contributed by atoms with Gasteiger partial charge in [-0.3, -0.25) is 0 Å². The molecule has 0 bridgehead atoms. The van der Waals surface area contributed by atoms with Crippen molar-refractivity contribution in [1.82, 2.24) is 0 Å². The van der Waals surface area contributed by atoms with Gasteiger partial charge in [0.1, 0.15) is 0 Å². The van der Waals surface area contributed by atoms with E-state index in [1.807, 2.05) is 6.08 Å². The number of rotatable bonds is 8. The molecule has 4 heteroatoms. The summed E-state index contributed by atoms with van der Waals surface area (Å²) in [6, 6.07) is 0. The quantitative estimate of drug-likeness (QED) is 0.292. The third-order valence-electron chi connectivity index (χ3n) is 2.37. The standard InChI is InChI=1S/C11H18O4/c1-2-3-4-5-6-7-8-9-11(10(12)13)14-15-11/h8-9H,2-7H2,1H3,(H,12,13). The summed E-state index contributed by atoms with van der Waals surface area (Å²) in [5, 5.41) is 8.68. The van der Waals surface area contributed by atoms with Gasteiger partial charge >= 0.3 is 11.8 Å². The summed E-state index contributed by atoms with van der Waals surface area (Å²) in [4.78, 5) is 19.4. The van der Waals surface area contributed by atoms with Gasteiger partial charge in [0.25, 0.3) is 0 Å². The van der Waals surface area contributed by atoms with Gasteiger partial charge in [-0.15, -0.1) is 0 Å². The van der Waals surface area contributed by atoms with E-state index in [0.29, 0.717) is 0 Å². The first kappa shape index (κ1) is 12.2. The second kappa shape index (κ2) is 5.88. The fourth-order valence-electron chi connectivity index (χ4n) is 1.35. The number of hydrogen-bond donors (Lipinski definition) is 1. The maximum atomic E-state index is 10.6. The number of aliphatic carboxylic acids is 1. The van der Waals surface area contributed by atoms with Crippen LogP contribution in [0.1, 0.15) is 45.4 Å². The highest BCUT2D eigenvalue weighted by Crippen LogP contribution is 2.31. The Bertz CT molecular complexity index is 231. The summed E-state index contributed by atoms with van der Waals surface area (Å²) in [5.74, 6) is -2.56. The SMILES string of the molecule is CCCCCCCC=CC1(C(=O)O)OO1. The fourth-order valence-corrected chi connectivity index (χ4v) is 1.35. The van der Waals surface area contributed by atoms with Crippen molar-refractivity contribution in [1.29, 1.82) is 0 Å². The van der Waals surface area contributed by atoms with E-state index in [2.05, 4.69) is 16.7 Å². The minimum absolute atomic E-state index is 0.880. The molecule has 0 amide bonds. The molecule has 15 heavy (non-hydrogen) atoms. The van der Waals surface area contributed by atoms with E-state index >= 15 is 0 Å². The molecule has 1 saturated heterocycles. The zero-order chi connectivity index (χ0) is 11.1. The summed E-state index contributed by atoms with van der Waals surface area (Å²) in [5.41, 5.74) is 0. The van der Waals surface area contributed by atoms with E-state index in [4.69, 9.17) is 5.11 Å². The van der Waals surface area contributed by atoms with Crippen LogP contribution in [0.5, 0.6) is 0 Å². The second-order valence-corrected chi connectivity index (χ2v) is 3.74. The summed E-state index contributed by atoms with van der Waals surface area (Å²) < 4.78 is 0. The normalized spacial score (nSPS) is 18.2. The zero-order valence-electron chi connectivity index (χ0n) is 9.07. The lowest BCUT2D eigenvalue weighted by atomic mass is 10.1. The van der Waals surface area contributed by atoms with E-state index in [-0.39, 0.29) is 0 Å². The molecule has 0 aromatic rings. The van der Waals surface area contributed by atoms with Crippen LogP contribution in [-0.4, -0.2) is 16.9 Å². The van der Waals surface area contributed by atoms with Gasteiger partial charge in [0, 0.05) is 0 Å². The minimum Gasteiger partial charge on any atom is -0.477 e. The molecule has 0 unspecified atom stereocenters. The first-order valence-corrected chi connectivity index (χ1v) is 5.49. The van der Waals surface area contributed by atoms with Gasteiger partial charge in [0.15, 0.2) is 0 Å². The number of carboxylic acids is 1. The average Bonchev–Trinajstić information content (AvgIpc) is 2.98. The lowest BCUT2D eigenvalue weighted by molar-refractivity contribution is -0.142. The van der Waals surface area contributed by atoms with Crippen LogP contribution in [0.25, 0.3) is 0 Å². The molecule has 0 radical (unpaired) electrons. The molecule has 1 N–H and O–H groups in total. The van der Waals surface area contributed by atoms with Gasteiger partial charge in [-0.05, 0) is 18.9 Å². The molecule has 0 spiro atoms. The molecule has 1 heterocycles. The molecule has 0 atom stereocenters. The average molecular weight is 214 g/mol. The molecule has 4 nitrogen and oxygen atoms in total. The molecule has 0 saturated carbocycles. The first-order valence-electron chi connectivity index (χ1n) is 5.49. The largest absolute Gasteiger partial charge is 0.477 e. The molecule has 1 rings (SSSR count). The van der Waals surface area contributed by atoms with Crippen LogP contribution in [0, 0.1) is 0 Å². The molecule has 1 fully saturated rings. The number of hydrogen-bond acceptors (Lipinski definition) is 3. The smallest absolute Gasteiger partial charge is 0.374 e. The van der Waals surface area contributed by atoms with Crippen molar-refractivity contribution < 1.29 is 19.7 Å². The van der Waals surface area contributed by atoms with Crippen molar-refractivity contribution in [3.8, 4) is 0 Å². The van der Waals surface area contributed by atoms with Gasteiger partial charge in [-0.2, -0.15) is 9.78 Å². The summed E-state index contributed by atoms with van der Waals surface area (Å²) in [6.45, 7) is 2.18. The van der Waals surface area contributed by atoms with E-state index in [9.17, 15) is 4.79 Å². The predicted molar refractivity (Wildman–Crippen MR) is 55.1 cm³/mol. The Kier molecular flexibility index (Phi) is 4.78. The Hall–Kier alpha value is -0.870. The molecule has 0 aliphatic carbocycles. The van der Waals surface area contributed by atoms with Crippen LogP contribution in [0.3, 0.4) is 0 Å². The Morgan fingerprint density at radius 1 is 1.27 bits per heavy atom. The molecule has 1 aliphatic rings. The van der Waals surface area contributed by atoms with Gasteiger partial charge in [-0.25, -0.2) is 4.79 Å². The summed E-state index contributed by atoms with van der Waals surface area (Å²) in [6.07, 6.45) is 10.2. The van der Waals surface area contributed by atoms with Gasteiger partial charge in [-0.1, -0.05) is 38.7 Å². The van der Waals surface area contributed by atoms with Gasteiger partial charge in [0.2, 0.25) is 0 Å². The van der Waals surface area contributed by atoms with E-state index in [0.717, 1.165) is 12.8 Å². The maximum absolute atomic E-state index is 10.6. The van der Waals surface area contributed by atoms with Crippen LogP contribution in [0.2, 0.25) is 0 Å². The maximum Gasteiger partial charge on any atom is 0.374 e. The van der Waals surface area contributed by atoms with Crippen LogP contribution < -0.4 is 0 Å². The molecular weight excluding hydrogens is 196 g/mol. The highest BCUT2D eigenvalue weighted by molar-refractivity contribution is 5.79. The minimum atomic E-state index is -1.47. The summed E-state index contributed by atoms with van der Waals surface area (Å²) >= 11 is 0. The highest BCUT2D eigenvalue weighted by Gasteiger charge is 2.55. The monoisotopic (exact) mass is 214 g/mol. The van der Waals surface area contributed by atoms with Crippen molar-refractivity contribution in [2.45, 2.75) is 51.2 Å². The van der Waals surface area contributed by atoms with E-state index < -0.39 is 11.8 Å². The van der Waals surface area contributed by atoms with Crippen LogP contribution in [-0.2, 0) is 14.6 Å². The molecule has 86 valence electrons. The molecule has 0 aromatic carbocycles. The van der Waals surface area contributed by atoms with E-state index in [1.54, 1.807) is 0 Å². The fraction of sp³-hybridized carbons (Fsp3) is 0.727. The number of carbonyl (C=O) groups is 1. The van der Waals surface area contributed by atoms with Crippen LogP contribution in [0.4, 0.5) is 0 Å². The number of unbranched alkanes of at least 4 members (excludes halogenated alkanes) is 5. The Labute approximate surface area is 89.8 Å². The Morgan fingerprint density at radius 2 is 1.93 bits per heavy atom.